The summed E-state index contributed by atoms with van der Waals surface area (Å²) < 4.78 is 87.1. The van der Waals surface area contributed by atoms with Crippen LogP contribution in [0.4, 0.5) is 39.4 Å². The highest BCUT2D eigenvalue weighted by molar-refractivity contribution is 7.92. The van der Waals surface area contributed by atoms with Gasteiger partial charge in [-0.05, 0) is 54.3 Å². The number of halogens is 4. The van der Waals surface area contributed by atoms with Gasteiger partial charge in [-0.1, -0.05) is 30.3 Å². The van der Waals surface area contributed by atoms with Crippen molar-refractivity contribution in [2.75, 3.05) is 27.6 Å². The van der Waals surface area contributed by atoms with Gasteiger partial charge in [-0.3, -0.25) is 14.4 Å². The fourth-order valence-corrected chi connectivity index (χ4v) is 5.85. The number of carbonyl (C=O) groups is 2. The highest BCUT2D eigenvalue weighted by atomic mass is 32.2. The van der Waals surface area contributed by atoms with Gasteiger partial charge in [0.05, 0.1) is 27.5 Å². The van der Waals surface area contributed by atoms with Crippen LogP contribution in [0, 0.1) is 5.82 Å². The first-order valence-corrected chi connectivity index (χ1v) is 13.8. The average molecular weight is 578 g/mol. The van der Waals surface area contributed by atoms with E-state index in [2.05, 4.69) is 0 Å². The molecular formula is C27H23F4N3O5S. The number of fused-ring (bicyclic) bond motifs is 1. The molecule has 40 heavy (non-hydrogen) atoms. The molecule has 0 saturated carbocycles. The molecule has 2 aliphatic rings. The van der Waals surface area contributed by atoms with Gasteiger partial charge in [0.25, 0.3) is 10.0 Å². The van der Waals surface area contributed by atoms with Crippen molar-refractivity contribution in [2.24, 2.45) is 0 Å². The number of carbonyl (C=O) groups excluding carboxylic acids is 2. The molecule has 0 aliphatic carbocycles. The predicted molar refractivity (Wildman–Crippen MR) is 138 cm³/mol. The van der Waals surface area contributed by atoms with Crippen molar-refractivity contribution in [3.05, 3.63) is 83.2 Å². The Bertz CT molecular complexity index is 1580. The molecule has 3 aromatic rings. The Labute approximate surface area is 227 Å². The third kappa shape index (κ3) is 5.46. The first-order chi connectivity index (χ1) is 18.9. The predicted octanol–water partition coefficient (Wildman–Crippen LogP) is 5.47. The third-order valence-corrected chi connectivity index (χ3v) is 8.00. The summed E-state index contributed by atoms with van der Waals surface area (Å²) in [4.78, 5) is 28.1. The summed E-state index contributed by atoms with van der Waals surface area (Å²) in [6.45, 7) is 0.476. The number of anilines is 3. The Morgan fingerprint density at radius 3 is 2.40 bits per heavy atom. The zero-order valence-corrected chi connectivity index (χ0v) is 21.7. The summed E-state index contributed by atoms with van der Waals surface area (Å²) in [5, 5.41) is 0. The van der Waals surface area contributed by atoms with Gasteiger partial charge >= 0.3 is 12.3 Å². The summed E-state index contributed by atoms with van der Waals surface area (Å²) in [6.07, 6.45) is -4.46. The summed E-state index contributed by atoms with van der Waals surface area (Å²) in [5.74, 6) is -1.66. The van der Waals surface area contributed by atoms with Gasteiger partial charge in [0.2, 0.25) is 5.91 Å². The molecule has 5 rings (SSSR count). The molecule has 1 saturated heterocycles. The quantitative estimate of drug-likeness (QED) is 0.392. The molecule has 1 fully saturated rings. The Balaban J connectivity index is 1.48. The van der Waals surface area contributed by atoms with Crippen molar-refractivity contribution >= 4 is 39.1 Å². The van der Waals surface area contributed by atoms with Crippen molar-refractivity contribution in [2.45, 2.75) is 36.9 Å². The van der Waals surface area contributed by atoms with Crippen LogP contribution in [0.5, 0.6) is 0 Å². The largest absolute Gasteiger partial charge is 0.444 e. The number of nitrogens with zero attached hydrogens (tertiary/aromatic N) is 2. The molecule has 0 radical (unpaired) electrons. The summed E-state index contributed by atoms with van der Waals surface area (Å²) in [7, 11) is -4.50. The highest BCUT2D eigenvalue weighted by Crippen LogP contribution is 2.42. The van der Waals surface area contributed by atoms with Crippen LogP contribution in [0.25, 0.3) is 0 Å². The van der Waals surface area contributed by atoms with Crippen LogP contribution >= 0.6 is 0 Å². The van der Waals surface area contributed by atoms with E-state index >= 15 is 0 Å². The fourth-order valence-electron chi connectivity index (χ4n) is 4.72. The number of rotatable bonds is 6. The monoisotopic (exact) mass is 577 g/mol. The van der Waals surface area contributed by atoms with Crippen molar-refractivity contribution in [3.63, 3.8) is 0 Å². The molecular weight excluding hydrogens is 554 g/mol. The molecule has 2 aliphatic heterocycles. The van der Waals surface area contributed by atoms with Gasteiger partial charge in [0.15, 0.2) is 0 Å². The molecule has 2 amide bonds. The van der Waals surface area contributed by atoms with Crippen LogP contribution in [0.2, 0.25) is 0 Å². The lowest BCUT2D eigenvalue weighted by molar-refractivity contribution is -0.137. The first-order valence-electron chi connectivity index (χ1n) is 12.3. The van der Waals surface area contributed by atoms with E-state index in [1.54, 1.807) is 24.3 Å². The number of amides is 2. The minimum atomic E-state index is -4.80. The molecule has 0 unspecified atom stereocenters. The molecule has 8 nitrogen and oxygen atoms in total. The van der Waals surface area contributed by atoms with Gasteiger partial charge in [0, 0.05) is 19.5 Å². The molecule has 2 heterocycles. The van der Waals surface area contributed by atoms with Crippen molar-refractivity contribution in [3.8, 4) is 0 Å². The second kappa shape index (κ2) is 10.5. The van der Waals surface area contributed by atoms with Gasteiger partial charge in [-0.2, -0.15) is 13.2 Å². The van der Waals surface area contributed by atoms with E-state index in [1.165, 1.54) is 21.9 Å². The maximum absolute atomic E-state index is 14.4. The molecule has 3 aromatic carbocycles. The number of hydrogen-bond acceptors (Lipinski definition) is 5. The third-order valence-electron chi connectivity index (χ3n) is 6.66. The van der Waals surface area contributed by atoms with Crippen LogP contribution in [0.15, 0.2) is 65.6 Å². The average Bonchev–Trinajstić information content (AvgIpc) is 3.54. The molecule has 13 heteroatoms. The number of sulfonamides is 1. The Kier molecular flexibility index (Phi) is 7.17. The molecule has 210 valence electrons. The van der Waals surface area contributed by atoms with Gasteiger partial charge in [0.1, 0.15) is 12.4 Å². The van der Waals surface area contributed by atoms with Crippen molar-refractivity contribution in [1.82, 2.24) is 0 Å². The number of hydrogen-bond donors (Lipinski definition) is 1. The summed E-state index contributed by atoms with van der Waals surface area (Å²) >= 11 is 0. The SMILES string of the molecule is O=C1CCCN1c1cc(S(=O)(=O)Nc2ccc(C(F)(F)F)cc2F)cc2c1N(C(=O)OCc1ccccc1)CC2. The van der Waals surface area contributed by atoms with E-state index < -0.39 is 39.4 Å². The van der Waals surface area contributed by atoms with E-state index in [0.717, 1.165) is 5.56 Å². The Morgan fingerprint density at radius 2 is 1.75 bits per heavy atom. The lowest BCUT2D eigenvalue weighted by Crippen LogP contribution is -2.32. The van der Waals surface area contributed by atoms with E-state index in [9.17, 15) is 35.6 Å². The van der Waals surface area contributed by atoms with E-state index in [4.69, 9.17) is 4.74 Å². The number of benzene rings is 3. The van der Waals surface area contributed by atoms with Crippen molar-refractivity contribution < 1.29 is 40.3 Å². The van der Waals surface area contributed by atoms with E-state index in [-0.39, 0.29) is 48.5 Å². The zero-order chi connectivity index (χ0) is 28.7. The van der Waals surface area contributed by atoms with Gasteiger partial charge < -0.3 is 9.64 Å². The molecule has 0 atom stereocenters. The van der Waals surface area contributed by atoms with Crippen LogP contribution in [-0.4, -0.2) is 33.5 Å². The maximum atomic E-state index is 14.4. The second-order valence-electron chi connectivity index (χ2n) is 9.34. The normalized spacial score (nSPS) is 15.3. The first kappa shape index (κ1) is 27.4. The number of alkyl halides is 3. The summed E-state index contributed by atoms with van der Waals surface area (Å²) in [6, 6.07) is 13.0. The van der Waals surface area contributed by atoms with Crippen molar-refractivity contribution in [1.29, 1.82) is 0 Å². The lowest BCUT2D eigenvalue weighted by atomic mass is 10.1. The van der Waals surface area contributed by atoms with Gasteiger partial charge in [-0.15, -0.1) is 0 Å². The highest BCUT2D eigenvalue weighted by Gasteiger charge is 2.36. The minimum Gasteiger partial charge on any atom is -0.444 e. The molecule has 0 aromatic heterocycles. The summed E-state index contributed by atoms with van der Waals surface area (Å²) in [5.41, 5.74) is -0.191. The van der Waals surface area contributed by atoms with Gasteiger partial charge in [-0.25, -0.2) is 17.6 Å². The molecule has 1 N–H and O–H groups in total. The molecule has 0 spiro atoms. The Morgan fingerprint density at radius 1 is 1.00 bits per heavy atom. The van der Waals surface area contributed by atoms with Crippen LogP contribution in [0.1, 0.15) is 29.5 Å². The Hall–Kier alpha value is -4.13. The lowest BCUT2D eigenvalue weighted by Gasteiger charge is -2.25. The number of ether oxygens (including phenoxy) is 1. The standard InChI is InChI=1S/C27H23F4N3O5S/c28-21-14-19(27(29,30)31)8-9-22(21)32-40(37,38)20-13-18-10-12-34(26(36)39-16-17-5-2-1-3-6-17)25(18)23(15-20)33-11-4-7-24(33)35/h1-3,5-6,8-9,13-15,32H,4,7,10-12,16H2. The van der Waals surface area contributed by atoms with Crippen LogP contribution in [-0.2, 0) is 38.8 Å². The fraction of sp³-hybridized carbons (Fsp3) is 0.259. The van der Waals surface area contributed by atoms with Crippen LogP contribution in [0.3, 0.4) is 0 Å². The molecule has 0 bridgehead atoms. The topological polar surface area (TPSA) is 96.0 Å². The minimum absolute atomic E-state index is 0.0125. The van der Waals surface area contributed by atoms with E-state index in [0.29, 0.717) is 36.3 Å². The smallest absolute Gasteiger partial charge is 0.416 e. The second-order valence-corrected chi connectivity index (χ2v) is 11.0. The maximum Gasteiger partial charge on any atom is 0.416 e. The zero-order valence-electron chi connectivity index (χ0n) is 20.9. The van der Waals surface area contributed by atoms with E-state index in [1.807, 2.05) is 10.8 Å². The number of nitrogens with one attached hydrogen (secondary N) is 1. The van der Waals surface area contributed by atoms with Crippen LogP contribution < -0.4 is 14.5 Å².